The zero-order chi connectivity index (χ0) is 13.2. The average molecular weight is 262 g/mol. The molecule has 0 spiro atoms. The second-order valence-corrected chi connectivity index (χ2v) is 5.61. The molecule has 0 saturated carbocycles. The number of aromatic nitrogens is 2. The number of anilines is 1. The molecule has 0 amide bonds. The van der Waals surface area contributed by atoms with Gasteiger partial charge in [0.2, 0.25) is 0 Å². The van der Waals surface area contributed by atoms with Crippen LogP contribution in [-0.2, 0) is 6.54 Å². The highest BCUT2D eigenvalue weighted by atomic mass is 16.3. The highest BCUT2D eigenvalue weighted by Crippen LogP contribution is 2.36. The number of fused-ring (bicyclic) bond motifs is 2. The molecule has 2 aliphatic rings. The number of nitrogens with one attached hydrogen (secondary N) is 1. The third-order valence-corrected chi connectivity index (χ3v) is 4.27. The van der Waals surface area contributed by atoms with Crippen LogP contribution >= 0.6 is 0 Å². The number of hydrogen-bond acceptors (Lipinski definition) is 5. The fourth-order valence-electron chi connectivity index (χ4n) is 3.40. The van der Waals surface area contributed by atoms with Gasteiger partial charge in [-0.1, -0.05) is 0 Å². The predicted molar refractivity (Wildman–Crippen MR) is 73.8 cm³/mol. The van der Waals surface area contributed by atoms with Gasteiger partial charge in [-0.3, -0.25) is 9.88 Å². The molecule has 5 nitrogen and oxygen atoms in total. The molecule has 2 unspecified atom stereocenters. The van der Waals surface area contributed by atoms with Crippen molar-refractivity contribution in [3.05, 3.63) is 18.1 Å². The predicted octanol–water partition coefficient (Wildman–Crippen LogP) is 1.40. The van der Waals surface area contributed by atoms with Gasteiger partial charge in [-0.2, -0.15) is 0 Å². The molecule has 2 atom stereocenters. The van der Waals surface area contributed by atoms with Crippen molar-refractivity contribution in [2.24, 2.45) is 0 Å². The summed E-state index contributed by atoms with van der Waals surface area (Å²) in [5.41, 5.74) is 1.02. The van der Waals surface area contributed by atoms with Gasteiger partial charge in [0.15, 0.2) is 0 Å². The molecule has 2 aliphatic heterocycles. The Kier molecular flexibility index (Phi) is 3.66. The first-order valence-electron chi connectivity index (χ1n) is 7.25. The summed E-state index contributed by atoms with van der Waals surface area (Å²) >= 11 is 0. The smallest absolute Gasteiger partial charge is 0.144 e. The summed E-state index contributed by atoms with van der Waals surface area (Å²) in [6.07, 6.45) is 7.83. The Balaban J connectivity index is 1.65. The number of aliphatic hydroxyl groups is 1. The van der Waals surface area contributed by atoms with Gasteiger partial charge in [0.25, 0.3) is 0 Å². The van der Waals surface area contributed by atoms with E-state index in [2.05, 4.69) is 20.2 Å². The summed E-state index contributed by atoms with van der Waals surface area (Å²) in [6, 6.07) is 1.06. The van der Waals surface area contributed by atoms with E-state index in [1.165, 1.54) is 12.8 Å². The molecule has 0 aliphatic carbocycles. The highest BCUT2D eigenvalue weighted by Gasteiger charge is 2.40. The molecular formula is C14H22N4O. The largest absolute Gasteiger partial charge is 0.393 e. The molecule has 5 heteroatoms. The molecule has 0 aromatic carbocycles. The second-order valence-electron chi connectivity index (χ2n) is 5.61. The molecule has 2 N–H and O–H groups in total. The minimum absolute atomic E-state index is 0.101. The summed E-state index contributed by atoms with van der Waals surface area (Å²) < 4.78 is 0. The van der Waals surface area contributed by atoms with Crippen LogP contribution in [0.2, 0.25) is 0 Å². The fourth-order valence-corrected chi connectivity index (χ4v) is 3.40. The lowest BCUT2D eigenvalue weighted by Gasteiger charge is -2.36. The molecular weight excluding hydrogens is 240 g/mol. The average Bonchev–Trinajstić information content (AvgIpc) is 2.64. The van der Waals surface area contributed by atoms with Gasteiger partial charge in [0.05, 0.1) is 24.2 Å². The first-order chi connectivity index (χ1) is 9.26. The van der Waals surface area contributed by atoms with Crippen LogP contribution in [0.5, 0.6) is 0 Å². The highest BCUT2D eigenvalue weighted by molar-refractivity contribution is 5.30. The first kappa shape index (κ1) is 12.8. The lowest BCUT2D eigenvalue weighted by atomic mass is 10.00. The SMILES string of the molecule is CCNc1cnc(CN2C3CCC2CC(O)C3)cn1. The Morgan fingerprint density at radius 1 is 1.26 bits per heavy atom. The van der Waals surface area contributed by atoms with E-state index in [1.54, 1.807) is 6.20 Å². The van der Waals surface area contributed by atoms with E-state index in [9.17, 15) is 5.11 Å². The summed E-state index contributed by atoms with van der Waals surface area (Å²) in [5.74, 6) is 0.836. The maximum absolute atomic E-state index is 9.81. The normalized spacial score (nSPS) is 30.5. The minimum Gasteiger partial charge on any atom is -0.393 e. The Bertz CT molecular complexity index is 408. The Hall–Kier alpha value is -1.20. The molecule has 104 valence electrons. The molecule has 2 fully saturated rings. The zero-order valence-electron chi connectivity index (χ0n) is 11.4. The number of hydrogen-bond donors (Lipinski definition) is 2. The zero-order valence-corrected chi connectivity index (χ0v) is 11.4. The van der Waals surface area contributed by atoms with Crippen LogP contribution in [0.1, 0.15) is 38.3 Å². The Labute approximate surface area is 114 Å². The van der Waals surface area contributed by atoms with Crippen LogP contribution in [-0.4, -0.2) is 44.7 Å². The number of aliphatic hydroxyl groups excluding tert-OH is 1. The van der Waals surface area contributed by atoms with Crippen LogP contribution in [0.3, 0.4) is 0 Å². The van der Waals surface area contributed by atoms with E-state index in [-0.39, 0.29) is 6.10 Å². The quantitative estimate of drug-likeness (QED) is 0.859. The van der Waals surface area contributed by atoms with Crippen LogP contribution in [0, 0.1) is 0 Å². The number of rotatable bonds is 4. The molecule has 0 radical (unpaired) electrons. The summed E-state index contributed by atoms with van der Waals surface area (Å²) in [6.45, 7) is 3.77. The topological polar surface area (TPSA) is 61.3 Å². The molecule has 3 rings (SSSR count). The summed E-state index contributed by atoms with van der Waals surface area (Å²) in [5, 5.41) is 13.0. The fraction of sp³-hybridized carbons (Fsp3) is 0.714. The van der Waals surface area contributed by atoms with E-state index in [0.29, 0.717) is 12.1 Å². The standard InChI is InChI=1S/C14H22N4O/c1-2-15-14-8-16-10(7-17-14)9-18-11-3-4-12(18)6-13(19)5-11/h7-8,11-13,19H,2-6,9H2,1H3,(H,15,17). The minimum atomic E-state index is -0.101. The van der Waals surface area contributed by atoms with E-state index in [4.69, 9.17) is 0 Å². The maximum atomic E-state index is 9.81. The molecule has 2 saturated heterocycles. The van der Waals surface area contributed by atoms with E-state index < -0.39 is 0 Å². The van der Waals surface area contributed by atoms with Crippen molar-refractivity contribution in [2.75, 3.05) is 11.9 Å². The van der Waals surface area contributed by atoms with Crippen molar-refractivity contribution < 1.29 is 5.11 Å². The van der Waals surface area contributed by atoms with Gasteiger partial charge < -0.3 is 10.4 Å². The van der Waals surface area contributed by atoms with Crippen LogP contribution in [0.25, 0.3) is 0 Å². The van der Waals surface area contributed by atoms with Crippen molar-refractivity contribution >= 4 is 5.82 Å². The van der Waals surface area contributed by atoms with Gasteiger partial charge in [0, 0.05) is 25.2 Å². The van der Waals surface area contributed by atoms with Gasteiger partial charge in [-0.25, -0.2) is 4.98 Å². The van der Waals surface area contributed by atoms with Crippen LogP contribution in [0.4, 0.5) is 5.82 Å². The van der Waals surface area contributed by atoms with Gasteiger partial charge in [0.1, 0.15) is 5.82 Å². The monoisotopic (exact) mass is 262 g/mol. The second kappa shape index (κ2) is 5.43. The van der Waals surface area contributed by atoms with Crippen molar-refractivity contribution in [2.45, 2.75) is 57.3 Å². The number of nitrogens with zero attached hydrogens (tertiary/aromatic N) is 3. The third-order valence-electron chi connectivity index (χ3n) is 4.27. The van der Waals surface area contributed by atoms with Gasteiger partial charge in [-0.05, 0) is 32.6 Å². The molecule has 1 aromatic heterocycles. The third kappa shape index (κ3) is 2.72. The molecule has 2 bridgehead atoms. The maximum Gasteiger partial charge on any atom is 0.144 e. The molecule has 3 heterocycles. The van der Waals surface area contributed by atoms with Crippen LogP contribution < -0.4 is 5.32 Å². The summed E-state index contributed by atoms with van der Waals surface area (Å²) in [7, 11) is 0. The molecule has 1 aromatic rings. The summed E-state index contributed by atoms with van der Waals surface area (Å²) in [4.78, 5) is 11.4. The van der Waals surface area contributed by atoms with Crippen molar-refractivity contribution in [1.29, 1.82) is 0 Å². The lowest BCUT2D eigenvalue weighted by Crippen LogP contribution is -2.44. The lowest BCUT2D eigenvalue weighted by molar-refractivity contribution is 0.0303. The van der Waals surface area contributed by atoms with Crippen molar-refractivity contribution in [3.63, 3.8) is 0 Å². The molecule has 19 heavy (non-hydrogen) atoms. The number of piperidine rings is 1. The van der Waals surface area contributed by atoms with E-state index >= 15 is 0 Å². The Morgan fingerprint density at radius 3 is 2.58 bits per heavy atom. The van der Waals surface area contributed by atoms with E-state index in [1.807, 2.05) is 13.1 Å². The van der Waals surface area contributed by atoms with Gasteiger partial charge >= 0.3 is 0 Å². The van der Waals surface area contributed by atoms with Gasteiger partial charge in [-0.15, -0.1) is 0 Å². The first-order valence-corrected chi connectivity index (χ1v) is 7.25. The van der Waals surface area contributed by atoms with Crippen molar-refractivity contribution in [1.82, 2.24) is 14.9 Å². The Morgan fingerprint density at radius 2 is 2.00 bits per heavy atom. The van der Waals surface area contributed by atoms with E-state index in [0.717, 1.165) is 37.4 Å². The van der Waals surface area contributed by atoms with Crippen LogP contribution in [0.15, 0.2) is 12.4 Å². The van der Waals surface area contributed by atoms with Crippen molar-refractivity contribution in [3.8, 4) is 0 Å².